The van der Waals surface area contributed by atoms with Crippen molar-refractivity contribution in [3.63, 3.8) is 0 Å². The first-order valence-corrected chi connectivity index (χ1v) is 15.3. The van der Waals surface area contributed by atoms with Crippen LogP contribution >= 0.6 is 23.4 Å². The lowest BCUT2D eigenvalue weighted by Gasteiger charge is -2.43. The van der Waals surface area contributed by atoms with Gasteiger partial charge in [-0.2, -0.15) is 0 Å². The first kappa shape index (κ1) is 30.7. The van der Waals surface area contributed by atoms with Crippen molar-refractivity contribution < 1.29 is 18.0 Å². The maximum absolute atomic E-state index is 15.2. The highest BCUT2D eigenvalue weighted by Gasteiger charge is 2.36. The molecule has 4 heterocycles. The minimum Gasteiger partial charge on any atom is -0.398 e. The lowest BCUT2D eigenvalue weighted by atomic mass is 10.0. The van der Waals surface area contributed by atoms with Gasteiger partial charge in [-0.3, -0.25) is 9.78 Å². The van der Waals surface area contributed by atoms with E-state index in [0.29, 0.717) is 42.9 Å². The van der Waals surface area contributed by atoms with E-state index in [1.807, 2.05) is 38.0 Å². The molecule has 1 saturated heterocycles. The number of aromatic nitrogens is 2. The van der Waals surface area contributed by atoms with Crippen LogP contribution in [0.4, 0.5) is 30.4 Å². The Bertz CT molecular complexity index is 1650. The van der Waals surface area contributed by atoms with Crippen molar-refractivity contribution in [1.29, 1.82) is 0 Å². The number of hydrogen-bond acceptors (Lipinski definition) is 8. The Kier molecular flexibility index (Phi) is 8.62. The molecule has 1 aromatic carbocycles. The number of aliphatic imine (C=N–C) groups is 1. The van der Waals surface area contributed by atoms with Gasteiger partial charge >= 0.3 is 0 Å². The molecular weight excluding hydrogens is 599 g/mol. The molecule has 226 valence electrons. The highest BCUT2D eigenvalue weighted by molar-refractivity contribution is 7.98. The fourth-order valence-corrected chi connectivity index (χ4v) is 6.35. The van der Waals surface area contributed by atoms with Crippen LogP contribution in [0.2, 0.25) is 5.02 Å². The van der Waals surface area contributed by atoms with Crippen LogP contribution in [0.1, 0.15) is 37.9 Å². The number of piperazine rings is 1. The van der Waals surface area contributed by atoms with Crippen LogP contribution in [-0.2, 0) is 4.79 Å². The fraction of sp³-hybridized carbons (Fsp3) is 0.333. The van der Waals surface area contributed by atoms with E-state index in [0.717, 1.165) is 16.3 Å². The predicted octanol–water partition coefficient (Wildman–Crippen LogP) is 6.22. The molecule has 2 N–H and O–H groups in total. The Balaban J connectivity index is 1.72. The first-order chi connectivity index (χ1) is 20.5. The number of fused-ring (bicyclic) bond motifs is 1. The topological polar surface area (TPSA) is 91.0 Å². The zero-order valence-electron chi connectivity index (χ0n) is 24.2. The van der Waals surface area contributed by atoms with Gasteiger partial charge in [-0.25, -0.2) is 23.1 Å². The molecular formula is C30H31ClF3N7OS. The third-order valence-electron chi connectivity index (χ3n) is 7.58. The van der Waals surface area contributed by atoms with Gasteiger partial charge in [0.25, 0.3) is 0 Å². The van der Waals surface area contributed by atoms with Gasteiger partial charge in [0.1, 0.15) is 18.3 Å². The number of carbonyl (C=O) groups is 1. The highest BCUT2D eigenvalue weighted by atomic mass is 35.5. The zero-order valence-corrected chi connectivity index (χ0v) is 25.7. The van der Waals surface area contributed by atoms with Crippen molar-refractivity contribution in [3.05, 3.63) is 70.8 Å². The molecule has 0 unspecified atom stereocenters. The van der Waals surface area contributed by atoms with Crippen molar-refractivity contribution >= 4 is 52.3 Å². The lowest BCUT2D eigenvalue weighted by molar-refractivity contribution is -0.128. The summed E-state index contributed by atoms with van der Waals surface area (Å²) < 4.78 is 43.6. The summed E-state index contributed by atoms with van der Waals surface area (Å²) in [4.78, 5) is 33.3. The van der Waals surface area contributed by atoms with E-state index in [1.54, 1.807) is 17.2 Å². The fourth-order valence-electron chi connectivity index (χ4n) is 5.50. The number of nitrogens with two attached hydrogens (primary N) is 1. The summed E-state index contributed by atoms with van der Waals surface area (Å²) in [6.07, 6.45) is 4.99. The number of halogens is 4. The summed E-state index contributed by atoms with van der Waals surface area (Å²) in [7, 11) is 0. The average Bonchev–Trinajstić information content (AvgIpc) is 2.99. The van der Waals surface area contributed by atoms with Crippen LogP contribution in [0.3, 0.4) is 0 Å². The predicted molar refractivity (Wildman–Crippen MR) is 166 cm³/mol. The van der Waals surface area contributed by atoms with Gasteiger partial charge in [0.2, 0.25) is 5.91 Å². The summed E-state index contributed by atoms with van der Waals surface area (Å²) in [5.41, 5.74) is 7.23. The number of amides is 1. The van der Waals surface area contributed by atoms with Crippen molar-refractivity contribution in [2.45, 2.75) is 37.6 Å². The summed E-state index contributed by atoms with van der Waals surface area (Å²) in [5, 5.41) is -0.0154. The molecule has 0 saturated carbocycles. The Labute approximate surface area is 257 Å². The molecule has 2 aliphatic heterocycles. The molecule has 1 amide bonds. The number of anilines is 3. The standard InChI is InChI=1S/C30H31ClF3N7OS/c1-6-22(42)39-9-10-40(16(4)13-39)29-17-11-18(31)27(23-20(35)12-19(32)24(33)25(23)34)38-30(17)41(14-37-29)28-21(43-5)7-8-36-26(28)15(2)3/h6-8,11-12,15-16H,1,9-10,13-14,35H2,2-5H3/t16-/m0/s1. The number of pyridine rings is 2. The smallest absolute Gasteiger partial charge is 0.246 e. The second kappa shape index (κ2) is 12.1. The number of thioether (sulfide) groups is 1. The molecule has 0 bridgehead atoms. The SMILES string of the molecule is C=CC(=O)N1CCN(C2=NCN(c3c(SC)ccnc3C(C)C)c3nc(-c4c(N)cc(F)c(F)c4F)c(Cl)cc32)[C@@H](C)C1. The van der Waals surface area contributed by atoms with Gasteiger partial charge in [-0.05, 0) is 37.3 Å². The van der Waals surface area contributed by atoms with E-state index in [2.05, 4.69) is 16.5 Å². The molecule has 0 spiro atoms. The summed E-state index contributed by atoms with van der Waals surface area (Å²) >= 11 is 8.25. The van der Waals surface area contributed by atoms with E-state index in [1.165, 1.54) is 17.8 Å². The van der Waals surface area contributed by atoms with Gasteiger partial charge in [-0.15, -0.1) is 11.8 Å². The Morgan fingerprint density at radius 1 is 1.23 bits per heavy atom. The van der Waals surface area contributed by atoms with Crippen LogP contribution in [-0.4, -0.2) is 70.1 Å². The van der Waals surface area contributed by atoms with E-state index in [4.69, 9.17) is 27.3 Å². The number of rotatable bonds is 5. The normalized spacial score (nSPS) is 16.8. The third kappa shape index (κ3) is 5.42. The van der Waals surface area contributed by atoms with E-state index in [9.17, 15) is 13.6 Å². The largest absolute Gasteiger partial charge is 0.398 e. The number of amidine groups is 1. The van der Waals surface area contributed by atoms with Crippen molar-refractivity contribution in [2.75, 3.05) is 43.2 Å². The van der Waals surface area contributed by atoms with Gasteiger partial charge < -0.3 is 20.4 Å². The lowest BCUT2D eigenvalue weighted by Crippen LogP contribution is -2.56. The van der Waals surface area contributed by atoms with Gasteiger partial charge in [-0.1, -0.05) is 32.0 Å². The number of nitrogens with zero attached hydrogens (tertiary/aromatic N) is 6. The summed E-state index contributed by atoms with van der Waals surface area (Å²) in [5.74, 6) is -3.68. The second-order valence-electron chi connectivity index (χ2n) is 10.6. The molecule has 43 heavy (non-hydrogen) atoms. The molecule has 0 aliphatic carbocycles. The zero-order chi connectivity index (χ0) is 31.2. The summed E-state index contributed by atoms with van der Waals surface area (Å²) in [6, 6.07) is 4.10. The van der Waals surface area contributed by atoms with Crippen molar-refractivity contribution in [2.24, 2.45) is 4.99 Å². The molecule has 1 fully saturated rings. The molecule has 1 atom stereocenters. The van der Waals surface area contributed by atoms with Crippen molar-refractivity contribution in [3.8, 4) is 11.3 Å². The monoisotopic (exact) mass is 629 g/mol. The minimum atomic E-state index is -1.67. The van der Waals surface area contributed by atoms with Crippen LogP contribution < -0.4 is 10.6 Å². The van der Waals surface area contributed by atoms with Crippen LogP contribution in [0, 0.1) is 17.5 Å². The molecule has 0 radical (unpaired) electrons. The number of nitrogen functional groups attached to an aromatic ring is 1. The van der Waals surface area contributed by atoms with Gasteiger partial charge in [0.15, 0.2) is 17.5 Å². The number of hydrogen-bond donors (Lipinski definition) is 1. The molecule has 8 nitrogen and oxygen atoms in total. The highest BCUT2D eigenvalue weighted by Crippen LogP contribution is 2.44. The van der Waals surface area contributed by atoms with Crippen molar-refractivity contribution in [1.82, 2.24) is 19.8 Å². The first-order valence-electron chi connectivity index (χ1n) is 13.7. The van der Waals surface area contributed by atoms with Crippen LogP contribution in [0.15, 0.2) is 46.9 Å². The Hall–Kier alpha value is -3.77. The molecule has 13 heteroatoms. The minimum absolute atomic E-state index is 0.0154. The number of carbonyl (C=O) groups excluding carboxylic acids is 1. The van der Waals surface area contributed by atoms with Gasteiger partial charge in [0, 0.05) is 48.5 Å². The molecule has 2 aliphatic rings. The average molecular weight is 630 g/mol. The van der Waals surface area contributed by atoms with E-state index >= 15 is 4.39 Å². The quantitative estimate of drug-likeness (QED) is 0.155. The number of benzene rings is 1. The maximum atomic E-state index is 15.2. The second-order valence-corrected chi connectivity index (χ2v) is 11.9. The Morgan fingerprint density at radius 2 is 1.98 bits per heavy atom. The third-order valence-corrected chi connectivity index (χ3v) is 8.64. The van der Waals surface area contributed by atoms with Crippen LogP contribution in [0.25, 0.3) is 11.3 Å². The summed E-state index contributed by atoms with van der Waals surface area (Å²) in [6.45, 7) is 11.2. The molecule has 2 aromatic heterocycles. The Morgan fingerprint density at radius 3 is 2.63 bits per heavy atom. The van der Waals surface area contributed by atoms with Gasteiger partial charge in [0.05, 0.1) is 33.2 Å². The molecule has 3 aromatic rings. The maximum Gasteiger partial charge on any atom is 0.246 e. The van der Waals surface area contributed by atoms with E-state index in [-0.39, 0.29) is 40.9 Å². The molecule has 5 rings (SSSR count). The van der Waals surface area contributed by atoms with Crippen LogP contribution in [0.5, 0.6) is 0 Å². The van der Waals surface area contributed by atoms with E-state index < -0.39 is 23.0 Å².